The number of carbonyl (C=O) groups excluding carboxylic acids is 3. The second kappa shape index (κ2) is 20.4. The van der Waals surface area contributed by atoms with Crippen molar-refractivity contribution in [3.05, 3.63) is 98.5 Å². The highest BCUT2D eigenvalue weighted by Gasteiger charge is 2.61. The number of ether oxygens (including phenoxy) is 4. The van der Waals surface area contributed by atoms with Crippen molar-refractivity contribution in [3.63, 3.8) is 0 Å². The number of ketones is 2. The molecule has 1 N–H and O–H groups in total. The van der Waals surface area contributed by atoms with Crippen molar-refractivity contribution in [1.29, 1.82) is 5.26 Å². The van der Waals surface area contributed by atoms with E-state index in [2.05, 4.69) is 11.4 Å². The van der Waals surface area contributed by atoms with Gasteiger partial charge in [-0.15, -0.1) is 0 Å². The first-order valence-corrected chi connectivity index (χ1v) is 20.4. The molecule has 1 heterocycles. The Morgan fingerprint density at radius 2 is 1.64 bits per heavy atom. The zero-order valence-electron chi connectivity index (χ0n) is 35.1. The maximum Gasteiger partial charge on any atom is 0.410 e. The van der Waals surface area contributed by atoms with Gasteiger partial charge in [0.25, 0.3) is 0 Å². The highest BCUT2D eigenvalue weighted by Crippen LogP contribution is 2.53. The highest BCUT2D eigenvalue weighted by atomic mass is 35.5. The predicted octanol–water partition coefficient (Wildman–Crippen LogP) is 9.28. The van der Waals surface area contributed by atoms with Crippen LogP contribution in [0.5, 0.6) is 5.75 Å². The van der Waals surface area contributed by atoms with Gasteiger partial charge in [0.2, 0.25) is 0 Å². The average Bonchev–Trinajstić information content (AvgIpc) is 3.47. The summed E-state index contributed by atoms with van der Waals surface area (Å²) in [6.07, 6.45) is 0.371. The van der Waals surface area contributed by atoms with Crippen molar-refractivity contribution in [2.45, 2.75) is 96.2 Å². The summed E-state index contributed by atoms with van der Waals surface area (Å²) in [4.78, 5) is 41.2. The van der Waals surface area contributed by atoms with E-state index in [4.69, 9.17) is 42.1 Å². The van der Waals surface area contributed by atoms with E-state index >= 15 is 8.78 Å². The lowest BCUT2D eigenvalue weighted by atomic mass is 9.62. The van der Waals surface area contributed by atoms with E-state index in [9.17, 15) is 19.6 Å². The number of hydrogen-bond donors (Lipinski definition) is 1. The minimum absolute atomic E-state index is 0.00296. The largest absolute Gasteiger partial charge is 0.496 e. The summed E-state index contributed by atoms with van der Waals surface area (Å²) in [5.74, 6) is -2.99. The number of halogens is 4. The molecule has 1 amide bonds. The zero-order valence-corrected chi connectivity index (χ0v) is 36.6. The fraction of sp³-hybridized carbons (Fsp3) is 0.511. The van der Waals surface area contributed by atoms with Crippen molar-refractivity contribution in [3.8, 4) is 11.8 Å². The standard InChI is InChI=1S/C45H55Cl2F2N3O7/c1-43(2,3)26-38-45(27-50,32-17-16-30(46)25-34(32)48)39(31-11-9-12-33(47)40(31)49)41(51-38)36(54)23-29-15-14-28(24-37(29)56-8)35(53)13-10-19-57-21-22-58-20-18-52(7)42(55)59-44(4,5)6/h9,11-12,14-17,24-25,38-39,41,51H,10,13,18-23,26H2,1-8H3/t38-,39-,41-,45-/m0/s1. The molecule has 0 radical (unpaired) electrons. The van der Waals surface area contributed by atoms with E-state index in [0.29, 0.717) is 62.7 Å². The van der Waals surface area contributed by atoms with Gasteiger partial charge in [-0.05, 0) is 68.9 Å². The van der Waals surface area contributed by atoms with Crippen molar-refractivity contribution in [2.75, 3.05) is 47.1 Å². The van der Waals surface area contributed by atoms with Gasteiger partial charge in [-0.1, -0.05) is 74.3 Å². The predicted molar refractivity (Wildman–Crippen MR) is 223 cm³/mol. The maximum atomic E-state index is 16.1. The summed E-state index contributed by atoms with van der Waals surface area (Å²) >= 11 is 12.4. The molecule has 14 heteroatoms. The first-order chi connectivity index (χ1) is 27.7. The second-order valence-electron chi connectivity index (χ2n) is 17.0. The van der Waals surface area contributed by atoms with Crippen molar-refractivity contribution in [1.82, 2.24) is 10.2 Å². The number of likely N-dealkylation sites (N-methyl/N-ethyl adjacent to an activating group) is 1. The third kappa shape index (κ3) is 12.2. The lowest BCUT2D eigenvalue weighted by Crippen LogP contribution is -2.44. The molecular formula is C45H55Cl2F2N3O7. The Bertz CT molecular complexity index is 2010. The molecule has 1 aliphatic heterocycles. The lowest BCUT2D eigenvalue weighted by molar-refractivity contribution is -0.120. The van der Waals surface area contributed by atoms with Crippen molar-refractivity contribution in [2.24, 2.45) is 5.41 Å². The van der Waals surface area contributed by atoms with E-state index in [1.165, 1.54) is 42.3 Å². The molecule has 0 saturated carbocycles. The molecule has 0 aliphatic carbocycles. The van der Waals surface area contributed by atoms with Crippen LogP contribution in [-0.4, -0.2) is 87.4 Å². The van der Waals surface area contributed by atoms with Crippen LogP contribution in [0.25, 0.3) is 0 Å². The molecule has 0 spiro atoms. The van der Waals surface area contributed by atoms with Gasteiger partial charge in [0, 0.05) is 66.7 Å². The normalized spacial score (nSPS) is 19.3. The van der Waals surface area contributed by atoms with E-state index in [1.54, 1.807) is 46.0 Å². The molecule has 59 heavy (non-hydrogen) atoms. The first kappa shape index (κ1) is 47.6. The van der Waals surface area contributed by atoms with E-state index < -0.39 is 57.9 Å². The van der Waals surface area contributed by atoms with Gasteiger partial charge in [-0.2, -0.15) is 5.26 Å². The second-order valence-corrected chi connectivity index (χ2v) is 17.9. The highest BCUT2D eigenvalue weighted by molar-refractivity contribution is 6.31. The third-order valence-electron chi connectivity index (χ3n) is 10.1. The molecule has 320 valence electrons. The van der Waals surface area contributed by atoms with Crippen LogP contribution >= 0.6 is 23.2 Å². The SMILES string of the molecule is COc1cc(C(=O)CCCOCCOCCN(C)C(=O)OC(C)(C)C)ccc1CC(=O)[C@@H]1N[C@@H](CC(C)(C)C)[C@](C#N)(c2ccc(Cl)cc2F)[C@H]1c1cccc(Cl)c1F. The van der Waals surface area contributed by atoms with Gasteiger partial charge in [0.05, 0.1) is 44.1 Å². The Labute approximate surface area is 356 Å². The zero-order chi connectivity index (χ0) is 43.7. The number of amides is 1. The number of Topliss-reactive ketones (excluding diaryl/α,β-unsaturated/α-hetero) is 2. The molecule has 0 aromatic heterocycles. The third-order valence-corrected chi connectivity index (χ3v) is 10.6. The molecule has 4 rings (SSSR count). The van der Waals surface area contributed by atoms with Crippen LogP contribution in [0.3, 0.4) is 0 Å². The Balaban J connectivity index is 1.46. The Morgan fingerprint density at radius 1 is 0.949 bits per heavy atom. The number of methoxy groups -OCH3 is 1. The Kier molecular flexibility index (Phi) is 16.5. The topological polar surface area (TPSA) is 127 Å². The smallest absolute Gasteiger partial charge is 0.410 e. The average molecular weight is 859 g/mol. The molecule has 0 unspecified atom stereocenters. The molecule has 0 bridgehead atoms. The van der Waals surface area contributed by atoms with Crippen molar-refractivity contribution < 1.29 is 42.1 Å². The number of benzene rings is 3. The van der Waals surface area contributed by atoms with Gasteiger partial charge in [-0.25, -0.2) is 13.6 Å². The Hall–Kier alpha value is -4.12. The van der Waals surface area contributed by atoms with Gasteiger partial charge < -0.3 is 29.2 Å². The molecular weight excluding hydrogens is 803 g/mol. The minimum atomic E-state index is -1.76. The summed E-state index contributed by atoms with van der Waals surface area (Å²) in [6.45, 7) is 13.0. The Morgan fingerprint density at radius 3 is 2.27 bits per heavy atom. The van der Waals surface area contributed by atoms with E-state index in [-0.39, 0.29) is 39.8 Å². The summed E-state index contributed by atoms with van der Waals surface area (Å²) in [5.41, 5.74) is -1.87. The van der Waals surface area contributed by atoms with E-state index in [0.717, 1.165) is 6.07 Å². The molecule has 3 aromatic rings. The molecule has 4 atom stereocenters. The quantitative estimate of drug-likeness (QED) is 0.0984. The monoisotopic (exact) mass is 857 g/mol. The summed E-state index contributed by atoms with van der Waals surface area (Å²) in [7, 11) is 3.07. The van der Waals surface area contributed by atoms with Crippen LogP contribution < -0.4 is 10.1 Å². The van der Waals surface area contributed by atoms with Gasteiger partial charge in [0.1, 0.15) is 28.4 Å². The fourth-order valence-corrected chi connectivity index (χ4v) is 7.74. The van der Waals surface area contributed by atoms with Crippen LogP contribution in [0.1, 0.15) is 93.8 Å². The first-order valence-electron chi connectivity index (χ1n) is 19.6. The number of nitriles is 1. The van der Waals surface area contributed by atoms with Crippen LogP contribution in [0, 0.1) is 28.4 Å². The molecule has 1 aliphatic rings. The summed E-state index contributed by atoms with van der Waals surface area (Å²) in [5, 5.41) is 14.4. The molecule has 1 fully saturated rings. The lowest BCUT2D eigenvalue weighted by Gasteiger charge is -2.37. The van der Waals surface area contributed by atoms with Crippen LogP contribution in [-0.2, 0) is 30.8 Å². The number of hydrogen-bond acceptors (Lipinski definition) is 9. The number of nitrogens with one attached hydrogen (secondary N) is 1. The fourth-order valence-electron chi connectivity index (χ4n) is 7.40. The number of rotatable bonds is 18. The van der Waals surface area contributed by atoms with E-state index in [1.807, 2.05) is 20.8 Å². The summed E-state index contributed by atoms with van der Waals surface area (Å²) < 4.78 is 54.2. The molecule has 10 nitrogen and oxygen atoms in total. The van der Waals surface area contributed by atoms with Gasteiger partial charge >= 0.3 is 6.09 Å². The number of nitrogens with zero attached hydrogens (tertiary/aromatic N) is 2. The van der Waals surface area contributed by atoms with Gasteiger partial charge in [-0.3, -0.25) is 9.59 Å². The minimum Gasteiger partial charge on any atom is -0.496 e. The molecule has 1 saturated heterocycles. The molecule has 3 aromatic carbocycles. The summed E-state index contributed by atoms with van der Waals surface area (Å²) in [6, 6.07) is 13.7. The maximum absolute atomic E-state index is 16.1. The van der Waals surface area contributed by atoms with Crippen molar-refractivity contribution >= 4 is 40.9 Å². The van der Waals surface area contributed by atoms with Crippen LogP contribution in [0.15, 0.2) is 54.6 Å². The van der Waals surface area contributed by atoms with Crippen LogP contribution in [0.4, 0.5) is 13.6 Å². The number of carbonyl (C=O) groups is 3. The van der Waals surface area contributed by atoms with Gasteiger partial charge in [0.15, 0.2) is 11.6 Å². The van der Waals surface area contributed by atoms with Crippen LogP contribution in [0.2, 0.25) is 10.0 Å².